The number of carbonyl (C=O) groups is 1. The van der Waals surface area contributed by atoms with Gasteiger partial charge >= 0.3 is 0 Å². The Morgan fingerprint density at radius 3 is 2.60 bits per heavy atom. The summed E-state index contributed by atoms with van der Waals surface area (Å²) in [6.45, 7) is 6.88. The molecule has 0 saturated heterocycles. The zero-order valence-corrected chi connectivity index (χ0v) is 12.0. The highest BCUT2D eigenvalue weighted by Crippen LogP contribution is 2.15. The second-order valence-electron chi connectivity index (χ2n) is 4.71. The highest BCUT2D eigenvalue weighted by molar-refractivity contribution is 6.03. The summed E-state index contributed by atoms with van der Waals surface area (Å²) in [5, 5.41) is 6.03. The predicted molar refractivity (Wildman–Crippen MR) is 82.3 cm³/mol. The highest BCUT2D eigenvalue weighted by Gasteiger charge is 2.08. The van der Waals surface area contributed by atoms with Crippen molar-refractivity contribution in [1.82, 2.24) is 4.98 Å². The van der Waals surface area contributed by atoms with Gasteiger partial charge in [0.05, 0.1) is 0 Å². The fraction of sp³-hybridized carbons (Fsp3) is 0.250. The molecule has 0 radical (unpaired) electrons. The molecule has 0 aliphatic heterocycles. The van der Waals surface area contributed by atoms with Gasteiger partial charge in [-0.25, -0.2) is 0 Å². The number of nitrogens with zero attached hydrogens (tertiary/aromatic N) is 1. The maximum absolute atomic E-state index is 12.2. The Labute approximate surface area is 119 Å². The van der Waals surface area contributed by atoms with Crippen LogP contribution in [0.3, 0.4) is 0 Å². The molecule has 1 aromatic carbocycles. The van der Waals surface area contributed by atoms with Crippen LogP contribution in [0, 0.1) is 13.8 Å². The molecule has 1 amide bonds. The normalized spacial score (nSPS) is 10.2. The minimum Gasteiger partial charge on any atom is -0.385 e. The van der Waals surface area contributed by atoms with E-state index in [-0.39, 0.29) is 5.91 Å². The van der Waals surface area contributed by atoms with E-state index in [4.69, 9.17) is 0 Å². The molecule has 0 aliphatic rings. The summed E-state index contributed by atoms with van der Waals surface area (Å²) in [6, 6.07) is 9.44. The summed E-state index contributed by atoms with van der Waals surface area (Å²) in [5.41, 5.74) is 4.44. The van der Waals surface area contributed by atoms with Gasteiger partial charge in [0.1, 0.15) is 5.69 Å². The van der Waals surface area contributed by atoms with Gasteiger partial charge in [-0.15, -0.1) is 0 Å². The fourth-order valence-corrected chi connectivity index (χ4v) is 1.88. The van der Waals surface area contributed by atoms with Crippen molar-refractivity contribution >= 4 is 17.3 Å². The van der Waals surface area contributed by atoms with Gasteiger partial charge in [0.25, 0.3) is 5.91 Å². The molecule has 4 heteroatoms. The lowest BCUT2D eigenvalue weighted by Crippen LogP contribution is -2.14. The number of hydrogen-bond donors (Lipinski definition) is 2. The van der Waals surface area contributed by atoms with E-state index in [1.165, 1.54) is 5.56 Å². The van der Waals surface area contributed by atoms with Crippen LogP contribution in [0.25, 0.3) is 0 Å². The summed E-state index contributed by atoms with van der Waals surface area (Å²) in [6.07, 6.45) is 1.63. The van der Waals surface area contributed by atoms with E-state index < -0.39 is 0 Å². The summed E-state index contributed by atoms with van der Waals surface area (Å²) >= 11 is 0. The van der Waals surface area contributed by atoms with Crippen LogP contribution in [-0.4, -0.2) is 17.4 Å². The predicted octanol–water partition coefficient (Wildman–Crippen LogP) is 3.38. The lowest BCUT2D eigenvalue weighted by molar-refractivity contribution is 0.102. The molecule has 0 fully saturated rings. The second-order valence-corrected chi connectivity index (χ2v) is 4.71. The number of rotatable bonds is 4. The molecule has 0 spiro atoms. The van der Waals surface area contributed by atoms with E-state index in [1.54, 1.807) is 12.3 Å². The lowest BCUT2D eigenvalue weighted by Gasteiger charge is -2.08. The monoisotopic (exact) mass is 269 g/mol. The van der Waals surface area contributed by atoms with Gasteiger partial charge in [-0.2, -0.15) is 0 Å². The van der Waals surface area contributed by atoms with Crippen LogP contribution >= 0.6 is 0 Å². The highest BCUT2D eigenvalue weighted by atomic mass is 16.1. The first-order valence-corrected chi connectivity index (χ1v) is 6.68. The molecule has 0 atom stereocenters. The van der Waals surface area contributed by atoms with E-state index in [1.807, 2.05) is 45.0 Å². The number of carbonyl (C=O) groups excluding carboxylic acids is 1. The summed E-state index contributed by atoms with van der Waals surface area (Å²) in [5.74, 6) is -0.201. The summed E-state index contributed by atoms with van der Waals surface area (Å²) in [4.78, 5) is 16.3. The Balaban J connectivity index is 2.15. The molecule has 2 rings (SSSR count). The number of pyridine rings is 1. The second kappa shape index (κ2) is 6.19. The van der Waals surface area contributed by atoms with Gasteiger partial charge in [-0.1, -0.05) is 6.07 Å². The Kier molecular flexibility index (Phi) is 4.35. The average Bonchev–Trinajstić information content (AvgIpc) is 2.43. The van der Waals surface area contributed by atoms with Crippen LogP contribution in [0.2, 0.25) is 0 Å². The summed E-state index contributed by atoms with van der Waals surface area (Å²) in [7, 11) is 0. The molecule has 2 N–H and O–H groups in total. The molecule has 104 valence electrons. The van der Waals surface area contributed by atoms with Crippen LogP contribution in [0.4, 0.5) is 11.4 Å². The van der Waals surface area contributed by atoms with E-state index in [2.05, 4.69) is 15.6 Å². The number of anilines is 2. The lowest BCUT2D eigenvalue weighted by atomic mass is 10.1. The molecular formula is C16H19N3O. The van der Waals surface area contributed by atoms with Gasteiger partial charge in [-0.05, 0) is 56.2 Å². The van der Waals surface area contributed by atoms with Crippen LogP contribution in [0.1, 0.15) is 28.5 Å². The number of amides is 1. The average molecular weight is 269 g/mol. The Morgan fingerprint density at radius 2 is 1.90 bits per heavy atom. The first-order valence-electron chi connectivity index (χ1n) is 6.68. The maximum Gasteiger partial charge on any atom is 0.274 e. The van der Waals surface area contributed by atoms with Crippen molar-refractivity contribution in [1.29, 1.82) is 0 Å². The van der Waals surface area contributed by atoms with Gasteiger partial charge in [0.2, 0.25) is 0 Å². The zero-order valence-electron chi connectivity index (χ0n) is 12.0. The zero-order chi connectivity index (χ0) is 14.5. The Hall–Kier alpha value is -2.36. The third-order valence-electron chi connectivity index (χ3n) is 3.14. The molecule has 0 unspecified atom stereocenters. The third kappa shape index (κ3) is 3.35. The Morgan fingerprint density at radius 1 is 1.10 bits per heavy atom. The van der Waals surface area contributed by atoms with Gasteiger partial charge < -0.3 is 10.6 Å². The van der Waals surface area contributed by atoms with Crippen LogP contribution in [0.5, 0.6) is 0 Å². The Bertz CT molecular complexity index is 623. The summed E-state index contributed by atoms with van der Waals surface area (Å²) < 4.78 is 0. The quantitative estimate of drug-likeness (QED) is 0.894. The molecule has 0 bridgehead atoms. The molecule has 1 heterocycles. The minimum atomic E-state index is -0.201. The molecule has 1 aromatic heterocycles. The van der Waals surface area contributed by atoms with E-state index in [0.717, 1.165) is 23.5 Å². The van der Waals surface area contributed by atoms with Crippen molar-refractivity contribution in [3.63, 3.8) is 0 Å². The molecule has 4 nitrogen and oxygen atoms in total. The first-order chi connectivity index (χ1) is 9.60. The minimum absolute atomic E-state index is 0.201. The van der Waals surface area contributed by atoms with Crippen molar-refractivity contribution in [2.75, 3.05) is 17.2 Å². The molecular weight excluding hydrogens is 250 g/mol. The van der Waals surface area contributed by atoms with Crippen molar-refractivity contribution in [2.45, 2.75) is 20.8 Å². The van der Waals surface area contributed by atoms with Crippen LogP contribution in [0.15, 0.2) is 36.5 Å². The number of aryl methyl sites for hydroxylation is 2. The molecule has 20 heavy (non-hydrogen) atoms. The van der Waals surface area contributed by atoms with E-state index in [0.29, 0.717) is 5.69 Å². The molecule has 0 aliphatic carbocycles. The van der Waals surface area contributed by atoms with E-state index in [9.17, 15) is 4.79 Å². The largest absolute Gasteiger partial charge is 0.385 e. The van der Waals surface area contributed by atoms with Crippen LogP contribution in [-0.2, 0) is 0 Å². The number of hydrogen-bond acceptors (Lipinski definition) is 3. The standard InChI is InChI=1S/C16H19N3O/c1-4-17-13-7-8-18-15(10-13)16(20)19-14-6-5-11(2)12(3)9-14/h5-10H,4H2,1-3H3,(H,17,18)(H,19,20). The van der Waals surface area contributed by atoms with Gasteiger partial charge in [0, 0.05) is 24.1 Å². The topological polar surface area (TPSA) is 54.0 Å². The van der Waals surface area contributed by atoms with Gasteiger partial charge in [0.15, 0.2) is 0 Å². The van der Waals surface area contributed by atoms with Crippen molar-refractivity contribution < 1.29 is 4.79 Å². The maximum atomic E-state index is 12.2. The van der Waals surface area contributed by atoms with Crippen molar-refractivity contribution in [2.24, 2.45) is 0 Å². The van der Waals surface area contributed by atoms with Crippen molar-refractivity contribution in [3.8, 4) is 0 Å². The van der Waals surface area contributed by atoms with Crippen LogP contribution < -0.4 is 10.6 Å². The number of aromatic nitrogens is 1. The fourth-order valence-electron chi connectivity index (χ4n) is 1.88. The van der Waals surface area contributed by atoms with Crippen molar-refractivity contribution in [3.05, 3.63) is 53.3 Å². The first kappa shape index (κ1) is 14.1. The number of benzene rings is 1. The van der Waals surface area contributed by atoms with E-state index >= 15 is 0 Å². The SMILES string of the molecule is CCNc1ccnc(C(=O)Nc2ccc(C)c(C)c2)c1. The smallest absolute Gasteiger partial charge is 0.274 e. The van der Waals surface area contributed by atoms with Gasteiger partial charge in [-0.3, -0.25) is 9.78 Å². The third-order valence-corrected chi connectivity index (χ3v) is 3.14. The molecule has 0 saturated carbocycles. The molecule has 2 aromatic rings. The number of nitrogens with one attached hydrogen (secondary N) is 2.